The summed E-state index contributed by atoms with van der Waals surface area (Å²) in [6, 6.07) is 15.7. The fourth-order valence-electron chi connectivity index (χ4n) is 2.78. The predicted molar refractivity (Wildman–Crippen MR) is 105 cm³/mol. The van der Waals surface area contributed by atoms with Crippen LogP contribution in [-0.4, -0.2) is 11.8 Å². The van der Waals surface area contributed by atoms with Crippen LogP contribution >= 0.6 is 0 Å². The minimum atomic E-state index is -0.102. The van der Waals surface area contributed by atoms with Crippen LogP contribution in [0, 0.1) is 5.92 Å². The average Bonchev–Trinajstić information content (AvgIpc) is 2.60. The topological polar surface area (TPSA) is 58.2 Å². The molecule has 2 N–H and O–H groups in total. The number of amides is 2. The minimum absolute atomic E-state index is 0.0605. The third kappa shape index (κ3) is 6.03. The van der Waals surface area contributed by atoms with Gasteiger partial charge in [-0.05, 0) is 48.1 Å². The molecule has 0 aliphatic rings. The van der Waals surface area contributed by atoms with Gasteiger partial charge in [0.1, 0.15) is 0 Å². The lowest BCUT2D eigenvalue weighted by Crippen LogP contribution is -2.26. The van der Waals surface area contributed by atoms with Crippen LogP contribution in [0.15, 0.2) is 48.5 Å². The van der Waals surface area contributed by atoms with Gasteiger partial charge in [0.2, 0.25) is 5.91 Å². The summed E-state index contributed by atoms with van der Waals surface area (Å²) >= 11 is 0. The third-order valence-corrected chi connectivity index (χ3v) is 4.23. The SMILES string of the molecule is CC(=O)NCc1ccc(C(=O)NC(C)c2ccc(CC(C)C)cc2)cc1. The summed E-state index contributed by atoms with van der Waals surface area (Å²) in [4.78, 5) is 23.4. The lowest BCUT2D eigenvalue weighted by Gasteiger charge is -2.15. The number of benzene rings is 2. The molecule has 0 saturated carbocycles. The van der Waals surface area contributed by atoms with Gasteiger partial charge in [-0.3, -0.25) is 9.59 Å². The Hall–Kier alpha value is -2.62. The van der Waals surface area contributed by atoms with Crippen LogP contribution in [0.1, 0.15) is 60.8 Å². The first kappa shape index (κ1) is 19.7. The predicted octanol–water partition coefficient (Wildman–Crippen LogP) is 4.01. The molecule has 0 saturated heterocycles. The Bertz CT molecular complexity index is 734. The summed E-state index contributed by atoms with van der Waals surface area (Å²) in [5.41, 5.74) is 3.98. The van der Waals surface area contributed by atoms with Crippen molar-refractivity contribution in [3.8, 4) is 0 Å². The van der Waals surface area contributed by atoms with E-state index in [2.05, 4.69) is 48.7 Å². The largest absolute Gasteiger partial charge is 0.352 e. The number of carbonyl (C=O) groups excluding carboxylic acids is 2. The molecule has 0 aromatic heterocycles. The van der Waals surface area contributed by atoms with Crippen LogP contribution in [0.25, 0.3) is 0 Å². The molecule has 0 aliphatic heterocycles. The molecule has 0 fully saturated rings. The monoisotopic (exact) mass is 352 g/mol. The molecule has 4 heteroatoms. The highest BCUT2D eigenvalue weighted by Gasteiger charge is 2.11. The normalized spacial score (nSPS) is 11.9. The van der Waals surface area contributed by atoms with Crippen LogP contribution in [-0.2, 0) is 17.8 Å². The Balaban J connectivity index is 1.94. The Morgan fingerprint density at radius 3 is 2.00 bits per heavy atom. The van der Waals surface area contributed by atoms with E-state index in [1.807, 2.05) is 19.1 Å². The van der Waals surface area contributed by atoms with Gasteiger partial charge in [-0.25, -0.2) is 0 Å². The van der Waals surface area contributed by atoms with E-state index in [1.165, 1.54) is 12.5 Å². The second-order valence-corrected chi connectivity index (χ2v) is 7.14. The Labute approximate surface area is 156 Å². The highest BCUT2D eigenvalue weighted by molar-refractivity contribution is 5.94. The second-order valence-electron chi connectivity index (χ2n) is 7.14. The molecule has 0 heterocycles. The van der Waals surface area contributed by atoms with Crippen molar-refractivity contribution in [3.63, 3.8) is 0 Å². The van der Waals surface area contributed by atoms with E-state index in [0.29, 0.717) is 18.0 Å². The van der Waals surface area contributed by atoms with Crippen molar-refractivity contribution in [2.75, 3.05) is 0 Å². The Kier molecular flexibility index (Phi) is 6.96. The van der Waals surface area contributed by atoms with E-state index in [4.69, 9.17) is 0 Å². The lowest BCUT2D eigenvalue weighted by atomic mass is 10.00. The van der Waals surface area contributed by atoms with Gasteiger partial charge in [-0.2, -0.15) is 0 Å². The summed E-state index contributed by atoms with van der Waals surface area (Å²) in [6.07, 6.45) is 1.06. The molecule has 2 rings (SSSR count). The van der Waals surface area contributed by atoms with E-state index in [-0.39, 0.29) is 17.9 Å². The summed E-state index contributed by atoms with van der Waals surface area (Å²) in [5, 5.41) is 5.77. The van der Waals surface area contributed by atoms with Crippen molar-refractivity contribution in [1.29, 1.82) is 0 Å². The molecule has 4 nitrogen and oxygen atoms in total. The molecule has 2 aromatic carbocycles. The van der Waals surface area contributed by atoms with Crippen molar-refractivity contribution >= 4 is 11.8 Å². The average molecular weight is 352 g/mol. The van der Waals surface area contributed by atoms with Gasteiger partial charge in [-0.1, -0.05) is 50.2 Å². The lowest BCUT2D eigenvalue weighted by molar-refractivity contribution is -0.119. The zero-order valence-corrected chi connectivity index (χ0v) is 16.0. The van der Waals surface area contributed by atoms with Crippen LogP contribution in [0.4, 0.5) is 0 Å². The van der Waals surface area contributed by atoms with Crippen molar-refractivity contribution in [2.24, 2.45) is 5.92 Å². The standard InChI is InChI=1S/C22H28N2O2/c1-15(2)13-18-5-9-20(10-6-18)16(3)24-22(26)21-11-7-19(8-12-21)14-23-17(4)25/h5-12,15-16H,13-14H2,1-4H3,(H,23,25)(H,24,26). The van der Waals surface area contributed by atoms with Crippen LogP contribution in [0.2, 0.25) is 0 Å². The molecule has 0 spiro atoms. The van der Waals surface area contributed by atoms with Gasteiger partial charge in [0.15, 0.2) is 0 Å². The van der Waals surface area contributed by atoms with Gasteiger partial charge in [0.05, 0.1) is 6.04 Å². The Morgan fingerprint density at radius 1 is 0.885 bits per heavy atom. The molecule has 0 aliphatic carbocycles. The number of hydrogen-bond acceptors (Lipinski definition) is 2. The smallest absolute Gasteiger partial charge is 0.251 e. The second kappa shape index (κ2) is 9.18. The van der Waals surface area contributed by atoms with Crippen molar-refractivity contribution in [1.82, 2.24) is 10.6 Å². The zero-order valence-electron chi connectivity index (χ0n) is 16.0. The first-order chi connectivity index (χ1) is 12.3. The highest BCUT2D eigenvalue weighted by Crippen LogP contribution is 2.16. The maximum Gasteiger partial charge on any atom is 0.251 e. The summed E-state index contributed by atoms with van der Waals surface area (Å²) in [6.45, 7) is 8.35. The molecule has 2 aromatic rings. The number of rotatable bonds is 7. The molecule has 1 unspecified atom stereocenters. The number of hydrogen-bond donors (Lipinski definition) is 2. The fourth-order valence-corrected chi connectivity index (χ4v) is 2.78. The maximum atomic E-state index is 12.4. The van der Waals surface area contributed by atoms with Gasteiger partial charge in [0, 0.05) is 19.0 Å². The van der Waals surface area contributed by atoms with Crippen LogP contribution in [0.5, 0.6) is 0 Å². The molecule has 26 heavy (non-hydrogen) atoms. The van der Waals surface area contributed by atoms with Crippen molar-refractivity contribution in [2.45, 2.75) is 46.7 Å². The molecule has 2 amide bonds. The summed E-state index contributed by atoms with van der Waals surface area (Å²) < 4.78 is 0. The van der Waals surface area contributed by atoms with Crippen molar-refractivity contribution < 1.29 is 9.59 Å². The van der Waals surface area contributed by atoms with Crippen molar-refractivity contribution in [3.05, 3.63) is 70.8 Å². The first-order valence-electron chi connectivity index (χ1n) is 9.08. The highest BCUT2D eigenvalue weighted by atomic mass is 16.2. The molecule has 0 bridgehead atoms. The maximum absolute atomic E-state index is 12.4. The Morgan fingerprint density at radius 2 is 1.46 bits per heavy atom. The fraction of sp³-hybridized carbons (Fsp3) is 0.364. The first-order valence-corrected chi connectivity index (χ1v) is 9.08. The van der Waals surface area contributed by atoms with Crippen LogP contribution < -0.4 is 10.6 Å². The van der Waals surface area contributed by atoms with E-state index >= 15 is 0 Å². The molecular formula is C22H28N2O2. The molecular weight excluding hydrogens is 324 g/mol. The number of nitrogens with one attached hydrogen (secondary N) is 2. The molecule has 0 radical (unpaired) electrons. The van der Waals surface area contributed by atoms with Crippen LogP contribution in [0.3, 0.4) is 0 Å². The zero-order chi connectivity index (χ0) is 19.1. The molecule has 1 atom stereocenters. The van der Waals surface area contributed by atoms with E-state index in [9.17, 15) is 9.59 Å². The summed E-state index contributed by atoms with van der Waals surface area (Å²) in [7, 11) is 0. The van der Waals surface area contributed by atoms with E-state index < -0.39 is 0 Å². The van der Waals surface area contributed by atoms with E-state index in [1.54, 1.807) is 12.1 Å². The van der Waals surface area contributed by atoms with Gasteiger partial charge in [0.25, 0.3) is 5.91 Å². The minimum Gasteiger partial charge on any atom is -0.352 e. The quantitative estimate of drug-likeness (QED) is 0.791. The van der Waals surface area contributed by atoms with Gasteiger partial charge in [-0.15, -0.1) is 0 Å². The van der Waals surface area contributed by atoms with Gasteiger partial charge >= 0.3 is 0 Å². The third-order valence-electron chi connectivity index (χ3n) is 4.23. The molecule has 138 valence electrons. The number of carbonyl (C=O) groups is 2. The van der Waals surface area contributed by atoms with E-state index in [0.717, 1.165) is 17.5 Å². The van der Waals surface area contributed by atoms with Gasteiger partial charge < -0.3 is 10.6 Å². The summed E-state index contributed by atoms with van der Waals surface area (Å²) in [5.74, 6) is 0.460.